The van der Waals surface area contributed by atoms with Gasteiger partial charge < -0.3 is 9.47 Å². The molecule has 0 unspecified atom stereocenters. The van der Waals surface area contributed by atoms with Crippen LogP contribution in [0.3, 0.4) is 0 Å². The summed E-state index contributed by atoms with van der Waals surface area (Å²) >= 11 is 7.26. The number of halogens is 1. The highest BCUT2D eigenvalue weighted by Gasteiger charge is 2.07. The second-order valence-corrected chi connectivity index (χ2v) is 6.78. The molecule has 0 saturated carbocycles. The molecule has 0 aliphatic carbocycles. The van der Waals surface area contributed by atoms with Crippen molar-refractivity contribution in [3.8, 4) is 22.8 Å². The number of nitrogens with one attached hydrogen (secondary N) is 1. The average molecular weight is 401 g/mol. The van der Waals surface area contributed by atoms with Gasteiger partial charge in [-0.05, 0) is 35.9 Å². The van der Waals surface area contributed by atoms with Crippen molar-refractivity contribution in [2.45, 2.75) is 0 Å². The van der Waals surface area contributed by atoms with Crippen molar-refractivity contribution < 1.29 is 14.3 Å². The van der Waals surface area contributed by atoms with Gasteiger partial charge in [-0.15, -0.1) is 11.3 Å². The van der Waals surface area contributed by atoms with Gasteiger partial charge in [-0.3, -0.25) is 10.1 Å². The van der Waals surface area contributed by atoms with Gasteiger partial charge in [0.1, 0.15) is 0 Å². The van der Waals surface area contributed by atoms with Crippen molar-refractivity contribution in [1.82, 2.24) is 4.98 Å². The van der Waals surface area contributed by atoms with E-state index in [-0.39, 0.29) is 5.91 Å². The van der Waals surface area contributed by atoms with Gasteiger partial charge in [-0.1, -0.05) is 29.8 Å². The summed E-state index contributed by atoms with van der Waals surface area (Å²) in [6.45, 7) is 0. The van der Waals surface area contributed by atoms with E-state index in [1.54, 1.807) is 44.6 Å². The molecule has 2 aromatic carbocycles. The standard InChI is InChI=1S/C20H17ClN2O3S/c1-25-17-9-3-13(11-18(17)26-2)4-10-19(24)23-20-22-16(12-27-20)14-5-7-15(21)8-6-14/h3-12H,1-2H3,(H,22,23,24)/b10-4+. The van der Waals surface area contributed by atoms with Gasteiger partial charge in [0, 0.05) is 22.0 Å². The van der Waals surface area contributed by atoms with Crippen LogP contribution in [0.4, 0.5) is 5.13 Å². The Balaban J connectivity index is 1.66. The van der Waals surface area contributed by atoms with Gasteiger partial charge in [0.15, 0.2) is 16.6 Å². The van der Waals surface area contributed by atoms with Crippen molar-refractivity contribution in [2.75, 3.05) is 19.5 Å². The van der Waals surface area contributed by atoms with Crippen LogP contribution < -0.4 is 14.8 Å². The van der Waals surface area contributed by atoms with Crippen LogP contribution >= 0.6 is 22.9 Å². The van der Waals surface area contributed by atoms with Crippen LogP contribution in [0.25, 0.3) is 17.3 Å². The minimum absolute atomic E-state index is 0.262. The summed E-state index contributed by atoms with van der Waals surface area (Å²) in [5, 5.41) is 5.85. The predicted molar refractivity (Wildman–Crippen MR) is 110 cm³/mol. The van der Waals surface area contributed by atoms with Gasteiger partial charge in [-0.25, -0.2) is 4.98 Å². The van der Waals surface area contributed by atoms with Gasteiger partial charge in [0.2, 0.25) is 5.91 Å². The van der Waals surface area contributed by atoms with Crippen LogP contribution in [0.15, 0.2) is 53.9 Å². The van der Waals surface area contributed by atoms with Crippen molar-refractivity contribution in [3.63, 3.8) is 0 Å². The largest absolute Gasteiger partial charge is 0.493 e. The van der Waals surface area contributed by atoms with Crippen LogP contribution in [0.2, 0.25) is 5.02 Å². The number of amides is 1. The van der Waals surface area contributed by atoms with Crippen LogP contribution in [-0.2, 0) is 4.79 Å². The molecule has 0 spiro atoms. The van der Waals surface area contributed by atoms with Crippen LogP contribution in [0.5, 0.6) is 11.5 Å². The number of hydrogen-bond donors (Lipinski definition) is 1. The molecule has 0 fully saturated rings. The lowest BCUT2D eigenvalue weighted by Gasteiger charge is -2.07. The summed E-state index contributed by atoms with van der Waals surface area (Å²) in [5.74, 6) is 0.978. The van der Waals surface area contributed by atoms with E-state index in [0.717, 1.165) is 16.8 Å². The average Bonchev–Trinajstić information content (AvgIpc) is 3.15. The lowest BCUT2D eigenvalue weighted by Crippen LogP contribution is -2.07. The fourth-order valence-electron chi connectivity index (χ4n) is 2.36. The van der Waals surface area contributed by atoms with Gasteiger partial charge >= 0.3 is 0 Å². The first kappa shape index (κ1) is 18.9. The molecular weight excluding hydrogens is 384 g/mol. The Bertz CT molecular complexity index is 968. The number of benzene rings is 2. The molecular formula is C20H17ClN2O3S. The maximum Gasteiger partial charge on any atom is 0.250 e. The Hall–Kier alpha value is -2.83. The quantitative estimate of drug-likeness (QED) is 0.582. The highest BCUT2D eigenvalue weighted by Crippen LogP contribution is 2.28. The Kier molecular flexibility index (Phi) is 6.11. The second-order valence-electron chi connectivity index (χ2n) is 5.48. The number of hydrogen-bond acceptors (Lipinski definition) is 5. The van der Waals surface area contributed by atoms with Crippen LogP contribution in [0.1, 0.15) is 5.56 Å². The van der Waals surface area contributed by atoms with Gasteiger partial charge in [0.05, 0.1) is 19.9 Å². The molecule has 0 bridgehead atoms. The molecule has 1 amide bonds. The number of ether oxygens (including phenoxy) is 2. The van der Waals surface area contributed by atoms with Crippen molar-refractivity contribution in [2.24, 2.45) is 0 Å². The van der Waals surface area contributed by atoms with E-state index in [1.807, 2.05) is 23.6 Å². The molecule has 3 aromatic rings. The number of nitrogens with zero attached hydrogens (tertiary/aromatic N) is 1. The normalized spacial score (nSPS) is 10.8. The first-order chi connectivity index (χ1) is 13.1. The molecule has 1 N–H and O–H groups in total. The van der Waals surface area contributed by atoms with Gasteiger partial charge in [-0.2, -0.15) is 0 Å². The Morgan fingerprint density at radius 2 is 1.85 bits per heavy atom. The zero-order chi connectivity index (χ0) is 19.2. The molecule has 0 saturated heterocycles. The second kappa shape index (κ2) is 8.70. The Morgan fingerprint density at radius 3 is 2.56 bits per heavy atom. The fourth-order valence-corrected chi connectivity index (χ4v) is 3.21. The molecule has 3 rings (SSSR count). The number of rotatable bonds is 6. The number of carbonyl (C=O) groups excluding carboxylic acids is 1. The molecule has 0 radical (unpaired) electrons. The topological polar surface area (TPSA) is 60.5 Å². The molecule has 27 heavy (non-hydrogen) atoms. The van der Waals surface area contributed by atoms with E-state index in [2.05, 4.69) is 10.3 Å². The lowest BCUT2D eigenvalue weighted by molar-refractivity contribution is -0.111. The van der Waals surface area contributed by atoms with Crippen LogP contribution in [-0.4, -0.2) is 25.1 Å². The monoisotopic (exact) mass is 400 g/mol. The highest BCUT2D eigenvalue weighted by atomic mass is 35.5. The molecule has 1 aromatic heterocycles. The van der Waals surface area contributed by atoms with Crippen molar-refractivity contribution >= 4 is 40.1 Å². The van der Waals surface area contributed by atoms with E-state index < -0.39 is 0 Å². The van der Waals surface area contributed by atoms with Gasteiger partial charge in [0.25, 0.3) is 0 Å². The van der Waals surface area contributed by atoms with Crippen molar-refractivity contribution in [1.29, 1.82) is 0 Å². The maximum absolute atomic E-state index is 12.1. The molecule has 7 heteroatoms. The number of methoxy groups -OCH3 is 2. The minimum Gasteiger partial charge on any atom is -0.493 e. The minimum atomic E-state index is -0.262. The third-order valence-electron chi connectivity index (χ3n) is 3.71. The Morgan fingerprint density at radius 1 is 1.11 bits per heavy atom. The van der Waals surface area contributed by atoms with E-state index >= 15 is 0 Å². The van der Waals surface area contributed by atoms with E-state index in [9.17, 15) is 4.79 Å². The Labute approximate surface area is 166 Å². The number of thiazole rings is 1. The fraction of sp³-hybridized carbons (Fsp3) is 0.100. The summed E-state index contributed by atoms with van der Waals surface area (Å²) in [5.41, 5.74) is 2.55. The zero-order valence-electron chi connectivity index (χ0n) is 14.7. The smallest absolute Gasteiger partial charge is 0.250 e. The SMILES string of the molecule is COc1ccc(/C=C/C(=O)Nc2nc(-c3ccc(Cl)cc3)cs2)cc1OC. The zero-order valence-corrected chi connectivity index (χ0v) is 16.3. The predicted octanol–water partition coefficient (Wildman–Crippen LogP) is 5.13. The molecule has 1 heterocycles. The number of aromatic nitrogens is 1. The molecule has 0 atom stereocenters. The number of anilines is 1. The molecule has 5 nitrogen and oxygen atoms in total. The first-order valence-corrected chi connectivity index (χ1v) is 9.27. The maximum atomic E-state index is 12.1. The summed E-state index contributed by atoms with van der Waals surface area (Å²) in [7, 11) is 3.14. The summed E-state index contributed by atoms with van der Waals surface area (Å²) in [6, 6.07) is 12.8. The lowest BCUT2D eigenvalue weighted by atomic mass is 10.2. The van der Waals surface area contributed by atoms with Crippen molar-refractivity contribution in [3.05, 3.63) is 64.5 Å². The summed E-state index contributed by atoms with van der Waals surface area (Å²) in [6.07, 6.45) is 3.15. The summed E-state index contributed by atoms with van der Waals surface area (Å²) in [4.78, 5) is 16.6. The van der Waals surface area contributed by atoms with E-state index in [0.29, 0.717) is 21.7 Å². The van der Waals surface area contributed by atoms with E-state index in [1.165, 1.54) is 17.4 Å². The number of carbonyl (C=O) groups is 1. The third kappa shape index (κ3) is 4.87. The molecule has 0 aliphatic rings. The molecule has 138 valence electrons. The third-order valence-corrected chi connectivity index (χ3v) is 4.72. The summed E-state index contributed by atoms with van der Waals surface area (Å²) < 4.78 is 10.5. The van der Waals surface area contributed by atoms with E-state index in [4.69, 9.17) is 21.1 Å². The highest BCUT2D eigenvalue weighted by molar-refractivity contribution is 7.14. The molecule has 0 aliphatic heterocycles. The first-order valence-electron chi connectivity index (χ1n) is 8.01. The van der Waals surface area contributed by atoms with Crippen LogP contribution in [0, 0.1) is 0 Å².